The topological polar surface area (TPSA) is 237 Å². The predicted molar refractivity (Wildman–Crippen MR) is 298 cm³/mol. The molecule has 76 heavy (non-hydrogen) atoms. The van der Waals surface area contributed by atoms with Crippen LogP contribution in [0.25, 0.3) is 0 Å². The first kappa shape index (κ1) is 74.1. The molecule has 0 saturated carbocycles. The van der Waals surface area contributed by atoms with Crippen molar-refractivity contribution in [3.8, 4) is 0 Å². The van der Waals surface area contributed by atoms with Crippen molar-refractivity contribution in [1.82, 2.24) is 0 Å². The molecule has 0 aliphatic carbocycles. The van der Waals surface area contributed by atoms with E-state index in [1.807, 2.05) is 0 Å². The molecule has 17 nitrogen and oxygen atoms in total. The van der Waals surface area contributed by atoms with Crippen LogP contribution >= 0.6 is 15.6 Å². The second-order valence-electron chi connectivity index (χ2n) is 21.2. The fourth-order valence-electron chi connectivity index (χ4n) is 8.34. The number of carbonyl (C=O) groups excluding carboxylic acids is 4. The quantitative estimate of drug-likeness (QED) is 0.0222. The second-order valence-corrected chi connectivity index (χ2v) is 24.1. The Balaban J connectivity index is 5.21. The number of hydrogen-bond acceptors (Lipinski definition) is 15. The number of aliphatic hydroxyl groups excluding tert-OH is 1. The van der Waals surface area contributed by atoms with Crippen molar-refractivity contribution >= 4 is 39.5 Å². The van der Waals surface area contributed by atoms with Gasteiger partial charge in [0.2, 0.25) is 0 Å². The zero-order chi connectivity index (χ0) is 56.4. The molecule has 0 heterocycles. The van der Waals surface area contributed by atoms with Crippen molar-refractivity contribution in [2.75, 3.05) is 39.6 Å². The third-order valence-corrected chi connectivity index (χ3v) is 14.9. The maximum absolute atomic E-state index is 12.9. The first-order valence-electron chi connectivity index (χ1n) is 30.1. The van der Waals surface area contributed by atoms with Crippen molar-refractivity contribution in [3.63, 3.8) is 0 Å². The third kappa shape index (κ3) is 51.5. The number of esters is 4. The summed E-state index contributed by atoms with van der Waals surface area (Å²) in [4.78, 5) is 71.6. The van der Waals surface area contributed by atoms with Crippen LogP contribution in [0.15, 0.2) is 0 Å². The Morgan fingerprint density at radius 3 is 0.895 bits per heavy atom. The van der Waals surface area contributed by atoms with Crippen LogP contribution in [0.5, 0.6) is 0 Å². The SMILES string of the molecule is CCCCCCCCCCCCCC(=O)O[C@H](COC(=O)CCCCCCCCCC(C)C)COP(=O)(O)OC[C@@H](O)COP(=O)(O)OC[C@@H](COC(=O)CCCCCCCCC)OC(=O)CCCCCCCCCC. The smallest absolute Gasteiger partial charge is 0.462 e. The minimum Gasteiger partial charge on any atom is -0.462 e. The van der Waals surface area contributed by atoms with Crippen LogP contribution in [-0.2, 0) is 65.4 Å². The maximum atomic E-state index is 12.9. The Labute approximate surface area is 460 Å². The van der Waals surface area contributed by atoms with Crippen molar-refractivity contribution in [3.05, 3.63) is 0 Å². The van der Waals surface area contributed by atoms with E-state index >= 15 is 0 Å². The van der Waals surface area contributed by atoms with E-state index in [-0.39, 0.29) is 25.7 Å². The normalized spacial score (nSPS) is 14.4. The van der Waals surface area contributed by atoms with Crippen molar-refractivity contribution < 1.29 is 80.2 Å². The van der Waals surface area contributed by atoms with Gasteiger partial charge in [-0.1, -0.05) is 227 Å². The molecule has 0 saturated heterocycles. The van der Waals surface area contributed by atoms with Gasteiger partial charge in [0, 0.05) is 25.7 Å². The molecule has 0 aliphatic rings. The van der Waals surface area contributed by atoms with Gasteiger partial charge in [-0.25, -0.2) is 9.13 Å². The number of rotatable bonds is 57. The van der Waals surface area contributed by atoms with Crippen LogP contribution in [0.4, 0.5) is 0 Å². The zero-order valence-corrected chi connectivity index (χ0v) is 50.2. The fourth-order valence-corrected chi connectivity index (χ4v) is 9.92. The van der Waals surface area contributed by atoms with Crippen LogP contribution in [0, 0.1) is 5.92 Å². The number of phosphoric acid groups is 2. The molecule has 5 atom stereocenters. The Bertz CT molecular complexity index is 1500. The molecule has 450 valence electrons. The molecule has 0 fully saturated rings. The van der Waals surface area contributed by atoms with Gasteiger partial charge in [0.05, 0.1) is 26.4 Å². The highest BCUT2D eigenvalue weighted by Crippen LogP contribution is 2.45. The molecule has 0 aromatic rings. The monoisotopic (exact) mass is 1130 g/mol. The average molecular weight is 1130 g/mol. The molecule has 19 heteroatoms. The summed E-state index contributed by atoms with van der Waals surface area (Å²) in [5.41, 5.74) is 0. The summed E-state index contributed by atoms with van der Waals surface area (Å²) >= 11 is 0. The van der Waals surface area contributed by atoms with E-state index in [1.54, 1.807) is 0 Å². The average Bonchev–Trinajstić information content (AvgIpc) is 3.38. The maximum Gasteiger partial charge on any atom is 0.472 e. The molecule has 3 N–H and O–H groups in total. The highest BCUT2D eigenvalue weighted by molar-refractivity contribution is 7.47. The molecule has 0 amide bonds. The molecule has 0 aromatic carbocycles. The number of ether oxygens (including phenoxy) is 4. The van der Waals surface area contributed by atoms with Crippen molar-refractivity contribution in [1.29, 1.82) is 0 Å². The van der Waals surface area contributed by atoms with E-state index in [9.17, 15) is 43.2 Å². The lowest BCUT2D eigenvalue weighted by Gasteiger charge is -2.21. The van der Waals surface area contributed by atoms with Gasteiger partial charge in [0.25, 0.3) is 0 Å². The van der Waals surface area contributed by atoms with Gasteiger partial charge in [-0.3, -0.25) is 37.3 Å². The lowest BCUT2D eigenvalue weighted by Crippen LogP contribution is -2.30. The molecule has 0 aromatic heterocycles. The molecule has 0 rings (SSSR count). The second kappa shape index (κ2) is 51.2. The first-order valence-corrected chi connectivity index (χ1v) is 33.1. The summed E-state index contributed by atoms with van der Waals surface area (Å²) < 4.78 is 67.5. The van der Waals surface area contributed by atoms with Crippen LogP contribution in [-0.4, -0.2) is 96.7 Å². The van der Waals surface area contributed by atoms with Gasteiger partial charge in [-0.05, 0) is 31.6 Å². The number of aliphatic hydroxyl groups is 1. The van der Waals surface area contributed by atoms with Gasteiger partial charge >= 0.3 is 39.5 Å². The van der Waals surface area contributed by atoms with E-state index in [4.69, 9.17) is 37.0 Å². The summed E-state index contributed by atoms with van der Waals surface area (Å²) in [7, 11) is -9.86. The van der Waals surface area contributed by atoms with Crippen molar-refractivity contribution in [2.45, 2.75) is 297 Å². The lowest BCUT2D eigenvalue weighted by atomic mass is 10.0. The summed E-state index contributed by atoms with van der Waals surface area (Å²) in [5.74, 6) is -1.44. The lowest BCUT2D eigenvalue weighted by molar-refractivity contribution is -0.161. The van der Waals surface area contributed by atoms with Gasteiger partial charge in [0.1, 0.15) is 19.3 Å². The standard InChI is InChI=1S/C57H110O17P2/c1-6-9-12-15-18-20-21-22-27-33-38-43-57(62)74-53(47-68-55(60)41-36-31-28-23-25-29-34-39-50(4)5)49-72-76(65,66)70-45-51(58)44-69-75(63,64)71-48-52(46-67-54(59)40-35-30-24-17-14-11-8-3)73-56(61)42-37-32-26-19-16-13-10-7-2/h50-53,58H,6-49H2,1-5H3,(H,63,64)(H,65,66)/t51-,52+,53+/m0/s1. The molecule has 0 radical (unpaired) electrons. The fraction of sp³-hybridized carbons (Fsp3) is 0.930. The van der Waals surface area contributed by atoms with Crippen LogP contribution < -0.4 is 0 Å². The van der Waals surface area contributed by atoms with E-state index in [2.05, 4.69) is 34.6 Å². The van der Waals surface area contributed by atoms with Crippen LogP contribution in [0.3, 0.4) is 0 Å². The Morgan fingerprint density at radius 1 is 0.355 bits per heavy atom. The van der Waals surface area contributed by atoms with Gasteiger partial charge in [-0.15, -0.1) is 0 Å². The molecule has 2 unspecified atom stereocenters. The highest BCUT2D eigenvalue weighted by atomic mass is 31.2. The highest BCUT2D eigenvalue weighted by Gasteiger charge is 2.30. The summed E-state index contributed by atoms with van der Waals surface area (Å²) in [6, 6.07) is 0. The molecular formula is C57H110O17P2. The number of unbranched alkanes of at least 4 members (excludes halogenated alkanes) is 29. The summed E-state index contributed by atoms with van der Waals surface area (Å²) in [6.45, 7) is 7.01. The van der Waals surface area contributed by atoms with Crippen molar-refractivity contribution in [2.24, 2.45) is 5.92 Å². The predicted octanol–water partition coefficient (Wildman–Crippen LogP) is 15.1. The van der Waals surface area contributed by atoms with Crippen LogP contribution in [0.1, 0.15) is 279 Å². The minimum absolute atomic E-state index is 0.104. The third-order valence-electron chi connectivity index (χ3n) is 13.0. The largest absolute Gasteiger partial charge is 0.472 e. The molecular weight excluding hydrogens is 1020 g/mol. The Kier molecular flexibility index (Phi) is 49.9. The molecule has 0 spiro atoms. The van der Waals surface area contributed by atoms with Gasteiger partial charge < -0.3 is 33.8 Å². The van der Waals surface area contributed by atoms with Crippen LogP contribution in [0.2, 0.25) is 0 Å². The number of phosphoric ester groups is 2. The molecule has 0 aliphatic heterocycles. The first-order chi connectivity index (χ1) is 36.5. The van der Waals surface area contributed by atoms with Gasteiger partial charge in [0.15, 0.2) is 12.2 Å². The van der Waals surface area contributed by atoms with E-state index in [0.717, 1.165) is 116 Å². The number of carbonyl (C=O) groups is 4. The Morgan fingerprint density at radius 2 is 0.605 bits per heavy atom. The van der Waals surface area contributed by atoms with E-state index in [0.29, 0.717) is 31.6 Å². The minimum atomic E-state index is -4.93. The summed E-state index contributed by atoms with van der Waals surface area (Å²) in [5, 5.41) is 10.5. The van der Waals surface area contributed by atoms with E-state index in [1.165, 1.54) is 77.0 Å². The van der Waals surface area contributed by atoms with Gasteiger partial charge in [-0.2, -0.15) is 0 Å². The number of hydrogen-bond donors (Lipinski definition) is 3. The zero-order valence-electron chi connectivity index (χ0n) is 48.4. The summed E-state index contributed by atoms with van der Waals surface area (Å²) in [6.07, 6.45) is 32.3. The Hall–Kier alpha value is -1.94. The van der Waals surface area contributed by atoms with E-state index < -0.39 is 97.5 Å². The molecule has 0 bridgehead atoms.